The van der Waals surface area contributed by atoms with Gasteiger partial charge in [-0.25, -0.2) is 13.9 Å². The van der Waals surface area contributed by atoms with Crippen molar-refractivity contribution in [1.29, 1.82) is 0 Å². The van der Waals surface area contributed by atoms with Crippen molar-refractivity contribution in [2.75, 3.05) is 0 Å². The van der Waals surface area contributed by atoms with E-state index in [1.165, 1.54) is 10.6 Å². The van der Waals surface area contributed by atoms with Crippen molar-refractivity contribution in [3.05, 3.63) is 65.9 Å². The molecule has 3 aromatic rings. The zero-order chi connectivity index (χ0) is 13.9. The van der Waals surface area contributed by atoms with Crippen LogP contribution >= 0.6 is 0 Å². The lowest BCUT2D eigenvalue weighted by atomic mass is 10.2. The number of carbonyl (C=O) groups is 1. The van der Waals surface area contributed by atoms with E-state index >= 15 is 0 Å². The molecule has 1 N–H and O–H groups in total. The highest BCUT2D eigenvalue weighted by molar-refractivity contribution is 5.93. The molecule has 6 heteroatoms. The fourth-order valence-corrected chi connectivity index (χ4v) is 1.85. The van der Waals surface area contributed by atoms with Crippen molar-refractivity contribution in [3.8, 4) is 0 Å². The highest BCUT2D eigenvalue weighted by Crippen LogP contribution is 2.07. The number of hydrogen-bond donors (Lipinski definition) is 1. The molecule has 1 amide bonds. The number of hydrogen-bond acceptors (Lipinski definition) is 3. The molecule has 0 spiro atoms. The van der Waals surface area contributed by atoms with E-state index in [2.05, 4.69) is 15.4 Å². The van der Waals surface area contributed by atoms with Crippen LogP contribution in [0.4, 0.5) is 4.39 Å². The minimum absolute atomic E-state index is 0.118. The second-order valence-electron chi connectivity index (χ2n) is 4.23. The predicted octanol–water partition coefficient (Wildman–Crippen LogP) is 1.80. The van der Waals surface area contributed by atoms with Gasteiger partial charge >= 0.3 is 0 Å². The molecule has 0 atom stereocenters. The summed E-state index contributed by atoms with van der Waals surface area (Å²) in [4.78, 5) is 16.0. The Morgan fingerprint density at radius 3 is 2.95 bits per heavy atom. The molecule has 0 aliphatic carbocycles. The minimum Gasteiger partial charge on any atom is -0.346 e. The monoisotopic (exact) mass is 270 g/mol. The number of fused-ring (bicyclic) bond motifs is 1. The first-order valence-corrected chi connectivity index (χ1v) is 6.06. The molecule has 20 heavy (non-hydrogen) atoms. The van der Waals surface area contributed by atoms with Gasteiger partial charge in [0.2, 0.25) is 0 Å². The molecule has 0 radical (unpaired) electrons. The van der Waals surface area contributed by atoms with Gasteiger partial charge in [-0.1, -0.05) is 18.2 Å². The number of aromatic nitrogens is 3. The summed E-state index contributed by atoms with van der Waals surface area (Å²) < 4.78 is 14.9. The van der Waals surface area contributed by atoms with E-state index in [0.717, 1.165) is 0 Å². The second kappa shape index (κ2) is 5.08. The average Bonchev–Trinajstić information content (AvgIpc) is 2.90. The third-order valence-corrected chi connectivity index (χ3v) is 2.87. The van der Waals surface area contributed by atoms with Crippen LogP contribution in [0, 0.1) is 5.82 Å². The summed E-state index contributed by atoms with van der Waals surface area (Å²) in [6, 6.07) is 9.61. The van der Waals surface area contributed by atoms with Crippen LogP contribution in [0.1, 0.15) is 16.1 Å². The summed E-state index contributed by atoms with van der Waals surface area (Å²) >= 11 is 0. The molecule has 0 aliphatic heterocycles. The lowest BCUT2D eigenvalue weighted by Gasteiger charge is -2.04. The molecule has 0 saturated carbocycles. The fourth-order valence-electron chi connectivity index (χ4n) is 1.85. The average molecular weight is 270 g/mol. The van der Waals surface area contributed by atoms with Gasteiger partial charge in [0.15, 0.2) is 11.3 Å². The van der Waals surface area contributed by atoms with Gasteiger partial charge in [0.1, 0.15) is 5.82 Å². The molecular formula is C14H11FN4O. The Morgan fingerprint density at radius 1 is 1.30 bits per heavy atom. The summed E-state index contributed by atoms with van der Waals surface area (Å²) in [6.07, 6.45) is 3.33. The van der Waals surface area contributed by atoms with E-state index in [4.69, 9.17) is 0 Å². The molecule has 5 nitrogen and oxygen atoms in total. The Balaban J connectivity index is 1.75. The van der Waals surface area contributed by atoms with E-state index in [1.807, 2.05) is 0 Å². The first kappa shape index (κ1) is 12.3. The SMILES string of the molecule is O=C(NCc1ccccc1F)c1cc2ncccn2n1. The fraction of sp³-hybridized carbons (Fsp3) is 0.0714. The Bertz CT molecular complexity index is 735. The van der Waals surface area contributed by atoms with Crippen LogP contribution in [0.15, 0.2) is 48.8 Å². The maximum Gasteiger partial charge on any atom is 0.272 e. The third kappa shape index (κ3) is 2.35. The summed E-state index contributed by atoms with van der Waals surface area (Å²) in [5.74, 6) is -0.705. The molecular weight excluding hydrogens is 259 g/mol. The Morgan fingerprint density at radius 2 is 2.15 bits per heavy atom. The van der Waals surface area contributed by atoms with Gasteiger partial charge < -0.3 is 5.32 Å². The topological polar surface area (TPSA) is 59.3 Å². The Labute approximate surface area is 114 Å². The lowest BCUT2D eigenvalue weighted by molar-refractivity contribution is 0.0945. The lowest BCUT2D eigenvalue weighted by Crippen LogP contribution is -2.23. The number of benzene rings is 1. The van der Waals surface area contributed by atoms with Crippen LogP contribution in [0.2, 0.25) is 0 Å². The zero-order valence-corrected chi connectivity index (χ0v) is 10.5. The van der Waals surface area contributed by atoms with Crippen molar-refractivity contribution < 1.29 is 9.18 Å². The number of halogens is 1. The summed E-state index contributed by atoms with van der Waals surface area (Å²) in [5, 5.41) is 6.73. The van der Waals surface area contributed by atoms with Gasteiger partial charge in [0.05, 0.1) is 0 Å². The molecule has 3 rings (SSSR count). The molecule has 0 saturated heterocycles. The van der Waals surface area contributed by atoms with Gasteiger partial charge in [-0.15, -0.1) is 0 Å². The summed E-state index contributed by atoms with van der Waals surface area (Å²) in [7, 11) is 0. The van der Waals surface area contributed by atoms with Gasteiger partial charge in [-0.3, -0.25) is 4.79 Å². The maximum absolute atomic E-state index is 13.4. The van der Waals surface area contributed by atoms with Crippen molar-refractivity contribution in [2.24, 2.45) is 0 Å². The van der Waals surface area contributed by atoms with Crippen molar-refractivity contribution in [1.82, 2.24) is 19.9 Å². The Hall–Kier alpha value is -2.76. The molecule has 100 valence electrons. The summed E-state index contributed by atoms with van der Waals surface area (Å²) in [6.45, 7) is 0.118. The number of carbonyl (C=O) groups excluding carboxylic acids is 1. The molecule has 2 aromatic heterocycles. The molecule has 0 aliphatic rings. The van der Waals surface area contributed by atoms with E-state index in [1.54, 1.807) is 42.7 Å². The quantitative estimate of drug-likeness (QED) is 0.789. The third-order valence-electron chi connectivity index (χ3n) is 2.87. The molecule has 2 heterocycles. The predicted molar refractivity (Wildman–Crippen MR) is 70.6 cm³/mol. The van der Waals surface area contributed by atoms with Gasteiger partial charge in [-0.2, -0.15) is 5.10 Å². The van der Waals surface area contributed by atoms with Crippen LogP contribution in [-0.4, -0.2) is 20.5 Å². The largest absolute Gasteiger partial charge is 0.346 e. The van der Waals surface area contributed by atoms with Crippen molar-refractivity contribution in [3.63, 3.8) is 0 Å². The number of nitrogens with one attached hydrogen (secondary N) is 1. The molecule has 1 aromatic carbocycles. The highest BCUT2D eigenvalue weighted by Gasteiger charge is 2.11. The number of amides is 1. The van der Waals surface area contributed by atoms with Gasteiger partial charge in [-0.05, 0) is 12.1 Å². The maximum atomic E-state index is 13.4. The first-order valence-electron chi connectivity index (χ1n) is 6.06. The van der Waals surface area contributed by atoms with E-state index < -0.39 is 0 Å². The van der Waals surface area contributed by atoms with Crippen LogP contribution in [0.25, 0.3) is 5.65 Å². The van der Waals surface area contributed by atoms with Crippen LogP contribution in [0.5, 0.6) is 0 Å². The van der Waals surface area contributed by atoms with Crippen LogP contribution < -0.4 is 5.32 Å². The van der Waals surface area contributed by atoms with Crippen molar-refractivity contribution in [2.45, 2.75) is 6.54 Å². The normalized spacial score (nSPS) is 10.7. The van der Waals surface area contributed by atoms with E-state index in [0.29, 0.717) is 11.2 Å². The van der Waals surface area contributed by atoms with Gasteiger partial charge in [0.25, 0.3) is 5.91 Å². The number of nitrogens with zero attached hydrogens (tertiary/aromatic N) is 3. The molecule has 0 unspecified atom stereocenters. The zero-order valence-electron chi connectivity index (χ0n) is 10.5. The minimum atomic E-state index is -0.362. The smallest absolute Gasteiger partial charge is 0.272 e. The Kier molecular flexibility index (Phi) is 3.12. The van der Waals surface area contributed by atoms with Crippen LogP contribution in [-0.2, 0) is 6.54 Å². The highest BCUT2D eigenvalue weighted by atomic mass is 19.1. The molecule has 0 fully saturated rings. The van der Waals surface area contributed by atoms with Crippen LogP contribution in [0.3, 0.4) is 0 Å². The summed E-state index contributed by atoms with van der Waals surface area (Å²) in [5.41, 5.74) is 1.27. The molecule has 0 bridgehead atoms. The van der Waals surface area contributed by atoms with E-state index in [-0.39, 0.29) is 24.0 Å². The number of rotatable bonds is 3. The second-order valence-corrected chi connectivity index (χ2v) is 4.23. The first-order chi connectivity index (χ1) is 9.74. The standard InChI is InChI=1S/C14H11FN4O/c15-11-5-2-1-4-10(11)9-17-14(20)12-8-13-16-6-3-7-19(13)18-12/h1-8H,9H2,(H,17,20). The van der Waals surface area contributed by atoms with Gasteiger partial charge in [0, 0.05) is 30.6 Å². The van der Waals surface area contributed by atoms with Crippen molar-refractivity contribution >= 4 is 11.6 Å². The van der Waals surface area contributed by atoms with E-state index in [9.17, 15) is 9.18 Å².